The summed E-state index contributed by atoms with van der Waals surface area (Å²) < 4.78 is 5.09. The van der Waals surface area contributed by atoms with Gasteiger partial charge in [0.1, 0.15) is 12.2 Å². The number of nitrogens with zero attached hydrogens (tertiary/aromatic N) is 2. The number of nitrogens with one attached hydrogen (secondary N) is 2. The van der Waals surface area contributed by atoms with E-state index >= 15 is 0 Å². The van der Waals surface area contributed by atoms with Crippen molar-refractivity contribution in [3.05, 3.63) is 35.8 Å². The minimum Gasteiger partial charge on any atom is -0.459 e. The lowest BCUT2D eigenvalue weighted by Crippen LogP contribution is -2.27. The van der Waals surface area contributed by atoms with Crippen LogP contribution >= 0.6 is 0 Å². The fraction of sp³-hybridized carbons (Fsp3) is 0.300. The van der Waals surface area contributed by atoms with Gasteiger partial charge in [-0.1, -0.05) is 0 Å². The number of aromatic nitrogens is 3. The van der Waals surface area contributed by atoms with Crippen LogP contribution < -0.4 is 5.32 Å². The molecule has 2 aromatic rings. The van der Waals surface area contributed by atoms with Gasteiger partial charge >= 0.3 is 0 Å². The molecule has 0 radical (unpaired) electrons. The molecule has 1 amide bonds. The minimum absolute atomic E-state index is 0.237. The lowest BCUT2D eigenvalue weighted by molar-refractivity contribution is 0.0909. The number of H-pyrrole nitrogens is 1. The summed E-state index contributed by atoms with van der Waals surface area (Å²) in [6.45, 7) is 3.63. The van der Waals surface area contributed by atoms with Crippen LogP contribution in [0.5, 0.6) is 0 Å². The third-order valence-electron chi connectivity index (χ3n) is 2.26. The normalized spacial score (nSPS) is 12.4. The van der Waals surface area contributed by atoms with Gasteiger partial charge in [-0.2, -0.15) is 5.10 Å². The number of furan rings is 1. The van der Waals surface area contributed by atoms with Gasteiger partial charge in [0.25, 0.3) is 5.91 Å². The maximum absolute atomic E-state index is 11.8. The second-order valence-electron chi connectivity index (χ2n) is 3.50. The first-order valence-electron chi connectivity index (χ1n) is 4.88. The van der Waals surface area contributed by atoms with E-state index in [1.807, 2.05) is 13.8 Å². The van der Waals surface area contributed by atoms with Gasteiger partial charge < -0.3 is 9.73 Å². The first-order chi connectivity index (χ1) is 7.68. The van der Waals surface area contributed by atoms with E-state index in [9.17, 15) is 4.79 Å². The number of hydrogen-bond donors (Lipinski definition) is 2. The molecule has 2 rings (SSSR count). The molecule has 16 heavy (non-hydrogen) atoms. The fourth-order valence-electron chi connectivity index (χ4n) is 1.36. The van der Waals surface area contributed by atoms with Crippen molar-refractivity contribution in [2.75, 3.05) is 0 Å². The molecule has 0 saturated heterocycles. The van der Waals surface area contributed by atoms with Crippen molar-refractivity contribution in [1.82, 2.24) is 20.5 Å². The van der Waals surface area contributed by atoms with Crippen LogP contribution in [0.4, 0.5) is 0 Å². The van der Waals surface area contributed by atoms with Crippen LogP contribution in [0.15, 0.2) is 23.1 Å². The van der Waals surface area contributed by atoms with Gasteiger partial charge in [-0.25, -0.2) is 4.98 Å². The highest BCUT2D eigenvalue weighted by molar-refractivity contribution is 5.92. The molecule has 0 fully saturated rings. The Morgan fingerprint density at radius 2 is 2.44 bits per heavy atom. The topological polar surface area (TPSA) is 83.8 Å². The largest absolute Gasteiger partial charge is 0.459 e. The SMILES string of the molecule is Cc1ccoc1C(=O)NC(C)c1ncn[nH]1. The second-order valence-corrected chi connectivity index (χ2v) is 3.50. The lowest BCUT2D eigenvalue weighted by atomic mass is 10.2. The summed E-state index contributed by atoms with van der Waals surface area (Å²) in [6.07, 6.45) is 2.89. The van der Waals surface area contributed by atoms with Crippen LogP contribution in [0.3, 0.4) is 0 Å². The van der Waals surface area contributed by atoms with E-state index in [1.165, 1.54) is 12.6 Å². The third kappa shape index (κ3) is 1.95. The average molecular weight is 220 g/mol. The molecule has 0 bridgehead atoms. The fourth-order valence-corrected chi connectivity index (χ4v) is 1.36. The molecule has 6 nitrogen and oxygen atoms in total. The first-order valence-corrected chi connectivity index (χ1v) is 4.88. The molecule has 0 aliphatic carbocycles. The summed E-state index contributed by atoms with van der Waals surface area (Å²) in [4.78, 5) is 15.7. The van der Waals surface area contributed by atoms with E-state index in [0.29, 0.717) is 11.6 Å². The van der Waals surface area contributed by atoms with Crippen molar-refractivity contribution < 1.29 is 9.21 Å². The van der Waals surface area contributed by atoms with Crippen molar-refractivity contribution in [2.24, 2.45) is 0 Å². The molecule has 2 aromatic heterocycles. The zero-order valence-corrected chi connectivity index (χ0v) is 9.02. The third-order valence-corrected chi connectivity index (χ3v) is 2.26. The highest BCUT2D eigenvalue weighted by Crippen LogP contribution is 2.11. The predicted octanol–water partition coefficient (Wildman–Crippen LogP) is 1.20. The number of carbonyl (C=O) groups is 1. The van der Waals surface area contributed by atoms with E-state index in [-0.39, 0.29) is 11.9 Å². The highest BCUT2D eigenvalue weighted by atomic mass is 16.3. The molecule has 1 unspecified atom stereocenters. The first kappa shape index (κ1) is 10.4. The van der Waals surface area contributed by atoms with E-state index in [2.05, 4.69) is 20.5 Å². The molecule has 2 heterocycles. The number of aryl methyl sites for hydroxylation is 1. The van der Waals surface area contributed by atoms with Crippen LogP contribution in [0.2, 0.25) is 0 Å². The molecule has 0 aliphatic heterocycles. The Morgan fingerprint density at radius 3 is 3.00 bits per heavy atom. The lowest BCUT2D eigenvalue weighted by Gasteiger charge is -2.09. The predicted molar refractivity (Wildman–Crippen MR) is 55.7 cm³/mol. The van der Waals surface area contributed by atoms with Crippen LogP contribution in [0, 0.1) is 6.92 Å². The minimum atomic E-state index is -0.258. The summed E-state index contributed by atoms with van der Waals surface area (Å²) >= 11 is 0. The molecular weight excluding hydrogens is 208 g/mol. The Balaban J connectivity index is 2.06. The molecule has 0 aliphatic rings. The van der Waals surface area contributed by atoms with Gasteiger partial charge in [-0.05, 0) is 19.9 Å². The van der Waals surface area contributed by atoms with Gasteiger partial charge in [-0.3, -0.25) is 9.89 Å². The maximum atomic E-state index is 11.8. The van der Waals surface area contributed by atoms with Crippen molar-refractivity contribution in [2.45, 2.75) is 19.9 Å². The van der Waals surface area contributed by atoms with Gasteiger partial charge in [0.05, 0.1) is 12.3 Å². The zero-order valence-electron chi connectivity index (χ0n) is 9.02. The van der Waals surface area contributed by atoms with Crippen LogP contribution in [-0.2, 0) is 0 Å². The molecule has 84 valence electrons. The number of rotatable bonds is 3. The number of carbonyl (C=O) groups excluding carboxylic acids is 1. The summed E-state index contributed by atoms with van der Waals surface area (Å²) in [5, 5.41) is 9.17. The Morgan fingerprint density at radius 1 is 1.62 bits per heavy atom. The van der Waals surface area contributed by atoms with E-state index in [0.717, 1.165) is 5.56 Å². The van der Waals surface area contributed by atoms with E-state index in [1.54, 1.807) is 6.07 Å². The van der Waals surface area contributed by atoms with Gasteiger partial charge in [-0.15, -0.1) is 0 Å². The Labute approximate surface area is 92.1 Å². The number of amides is 1. The van der Waals surface area contributed by atoms with Gasteiger partial charge in [0.2, 0.25) is 0 Å². The molecule has 0 aromatic carbocycles. The summed E-state index contributed by atoms with van der Waals surface area (Å²) in [5.74, 6) is 0.676. The van der Waals surface area contributed by atoms with Crippen LogP contribution in [0.25, 0.3) is 0 Å². The van der Waals surface area contributed by atoms with E-state index < -0.39 is 0 Å². The molecule has 2 N–H and O–H groups in total. The molecule has 6 heteroatoms. The summed E-state index contributed by atoms with van der Waals surface area (Å²) in [7, 11) is 0. The number of aromatic amines is 1. The number of hydrogen-bond acceptors (Lipinski definition) is 4. The van der Waals surface area contributed by atoms with Gasteiger partial charge in [0, 0.05) is 5.56 Å². The molecule has 1 atom stereocenters. The van der Waals surface area contributed by atoms with Crippen molar-refractivity contribution in [3.8, 4) is 0 Å². The maximum Gasteiger partial charge on any atom is 0.287 e. The molecular formula is C10H12N4O2. The van der Waals surface area contributed by atoms with Crippen molar-refractivity contribution >= 4 is 5.91 Å². The van der Waals surface area contributed by atoms with Crippen molar-refractivity contribution in [3.63, 3.8) is 0 Å². The quantitative estimate of drug-likeness (QED) is 0.813. The molecule has 0 saturated carbocycles. The summed E-state index contributed by atoms with van der Waals surface area (Å²) in [6, 6.07) is 1.51. The summed E-state index contributed by atoms with van der Waals surface area (Å²) in [5.41, 5.74) is 0.808. The molecule has 0 spiro atoms. The highest BCUT2D eigenvalue weighted by Gasteiger charge is 2.17. The van der Waals surface area contributed by atoms with Gasteiger partial charge in [0.15, 0.2) is 5.76 Å². The van der Waals surface area contributed by atoms with Crippen molar-refractivity contribution in [1.29, 1.82) is 0 Å². The average Bonchev–Trinajstić information content (AvgIpc) is 2.86. The monoisotopic (exact) mass is 220 g/mol. The smallest absolute Gasteiger partial charge is 0.287 e. The standard InChI is InChI=1S/C10H12N4O2/c1-6-3-4-16-8(6)10(15)13-7(2)9-11-5-12-14-9/h3-5,7H,1-2H3,(H,13,15)(H,11,12,14). The van der Waals surface area contributed by atoms with Crippen LogP contribution in [-0.4, -0.2) is 21.1 Å². The van der Waals surface area contributed by atoms with Crippen LogP contribution in [0.1, 0.15) is 34.9 Å². The zero-order chi connectivity index (χ0) is 11.5. The Kier molecular flexibility index (Phi) is 2.72. The second kappa shape index (κ2) is 4.18. The Bertz CT molecular complexity index is 475. The Hall–Kier alpha value is -2.11. The van der Waals surface area contributed by atoms with E-state index in [4.69, 9.17) is 4.42 Å².